The minimum atomic E-state index is -0.157. The van der Waals surface area contributed by atoms with E-state index in [4.69, 9.17) is 21.1 Å². The van der Waals surface area contributed by atoms with Crippen molar-refractivity contribution in [1.29, 1.82) is 0 Å². The van der Waals surface area contributed by atoms with Gasteiger partial charge in [0, 0.05) is 5.56 Å². The third kappa shape index (κ3) is 2.84. The molecule has 110 valence electrons. The summed E-state index contributed by atoms with van der Waals surface area (Å²) in [4.78, 5) is 12.7. The van der Waals surface area contributed by atoms with Gasteiger partial charge in [-0.3, -0.25) is 4.79 Å². The van der Waals surface area contributed by atoms with Crippen molar-refractivity contribution in [3.05, 3.63) is 45.1 Å². The number of ether oxygens (including phenoxy) is 2. The summed E-state index contributed by atoms with van der Waals surface area (Å²) in [6, 6.07) is 7.41. The number of carbonyl (C=O) groups is 1. The second-order valence-electron chi connectivity index (χ2n) is 4.73. The van der Waals surface area contributed by atoms with Crippen LogP contribution in [0.5, 0.6) is 11.5 Å². The van der Waals surface area contributed by atoms with E-state index in [0.717, 1.165) is 17.1 Å². The van der Waals surface area contributed by atoms with Crippen molar-refractivity contribution < 1.29 is 14.3 Å². The Balaban J connectivity index is 1.72. The molecule has 3 rings (SSSR count). The fraction of sp³-hybridized carbons (Fsp3) is 0.267. The number of thiophene rings is 1. The predicted octanol–water partition coefficient (Wildman–Crippen LogP) is 3.14. The van der Waals surface area contributed by atoms with Crippen LogP contribution in [-0.4, -0.2) is 25.7 Å². The molecule has 0 radical (unpaired) electrons. The average molecular weight is 324 g/mol. The highest BCUT2D eigenvalue weighted by atomic mass is 35.5. The maximum absolute atomic E-state index is 12.2. The molecule has 1 N–H and O–H groups in total. The van der Waals surface area contributed by atoms with E-state index in [1.807, 2.05) is 18.2 Å². The van der Waals surface area contributed by atoms with Gasteiger partial charge in [0.2, 0.25) is 0 Å². The first-order chi connectivity index (χ1) is 10.2. The Morgan fingerprint density at radius 2 is 2.33 bits per heavy atom. The van der Waals surface area contributed by atoms with Crippen LogP contribution >= 0.6 is 22.9 Å². The van der Waals surface area contributed by atoms with E-state index in [0.29, 0.717) is 22.9 Å². The quantitative estimate of drug-likeness (QED) is 0.944. The monoisotopic (exact) mass is 323 g/mol. The van der Waals surface area contributed by atoms with Crippen molar-refractivity contribution in [3.63, 3.8) is 0 Å². The summed E-state index contributed by atoms with van der Waals surface area (Å²) < 4.78 is 11.0. The maximum atomic E-state index is 12.2. The molecule has 2 aromatic rings. The first-order valence-corrected chi connectivity index (χ1v) is 7.77. The number of para-hydroxylation sites is 1. The number of halogens is 1. The van der Waals surface area contributed by atoms with Gasteiger partial charge in [0.25, 0.3) is 5.91 Å². The molecule has 0 saturated heterocycles. The number of hydrogen-bond acceptors (Lipinski definition) is 4. The van der Waals surface area contributed by atoms with Gasteiger partial charge in [-0.15, -0.1) is 11.3 Å². The van der Waals surface area contributed by atoms with Crippen LogP contribution < -0.4 is 14.8 Å². The van der Waals surface area contributed by atoms with Crippen molar-refractivity contribution in [2.24, 2.45) is 0 Å². The maximum Gasteiger partial charge on any atom is 0.263 e. The van der Waals surface area contributed by atoms with Gasteiger partial charge >= 0.3 is 0 Å². The molecular formula is C15H14ClNO3S. The molecule has 1 aliphatic rings. The van der Waals surface area contributed by atoms with Crippen LogP contribution in [0.4, 0.5) is 0 Å². The van der Waals surface area contributed by atoms with E-state index in [1.54, 1.807) is 18.6 Å². The van der Waals surface area contributed by atoms with E-state index in [2.05, 4.69) is 5.32 Å². The van der Waals surface area contributed by atoms with Gasteiger partial charge in [0.05, 0.1) is 18.2 Å². The molecule has 0 spiro atoms. The lowest BCUT2D eigenvalue weighted by molar-refractivity contribution is 0.0919. The summed E-state index contributed by atoms with van der Waals surface area (Å²) in [5, 5.41) is 5.24. The van der Waals surface area contributed by atoms with Gasteiger partial charge in [0.1, 0.15) is 11.5 Å². The van der Waals surface area contributed by atoms with Crippen LogP contribution in [-0.2, 0) is 6.42 Å². The lowest BCUT2D eigenvalue weighted by Crippen LogP contribution is -2.42. The topological polar surface area (TPSA) is 47.6 Å². The Hall–Kier alpha value is -1.72. The number of nitrogens with one attached hydrogen (secondary N) is 1. The molecule has 1 aliphatic heterocycles. The van der Waals surface area contributed by atoms with Gasteiger partial charge in [-0.25, -0.2) is 0 Å². The zero-order chi connectivity index (χ0) is 14.8. The van der Waals surface area contributed by atoms with Crippen LogP contribution in [0.25, 0.3) is 0 Å². The lowest BCUT2D eigenvalue weighted by atomic mass is 10.0. The molecule has 1 aromatic heterocycles. The number of benzene rings is 1. The highest BCUT2D eigenvalue weighted by Crippen LogP contribution is 2.34. The Kier molecular flexibility index (Phi) is 4.03. The standard InChI is InChI=1S/C15H14ClNO3S/c1-19-12-4-2-3-9-7-10(8-20-13(9)12)17-15(18)14-11(16)5-6-21-14/h2-6,10H,7-8H2,1H3,(H,17,18). The second-order valence-corrected chi connectivity index (χ2v) is 6.06. The Morgan fingerprint density at radius 3 is 3.05 bits per heavy atom. The fourth-order valence-electron chi connectivity index (χ4n) is 2.35. The summed E-state index contributed by atoms with van der Waals surface area (Å²) in [5.74, 6) is 1.33. The highest BCUT2D eigenvalue weighted by Gasteiger charge is 2.25. The molecule has 1 atom stereocenters. The number of fused-ring (bicyclic) bond motifs is 1. The van der Waals surface area contributed by atoms with Crippen molar-refractivity contribution in [1.82, 2.24) is 5.32 Å². The normalized spacial score (nSPS) is 16.8. The minimum absolute atomic E-state index is 0.0738. The number of rotatable bonds is 3. The number of amides is 1. The summed E-state index contributed by atoms with van der Waals surface area (Å²) in [6.45, 7) is 0.419. The minimum Gasteiger partial charge on any atom is -0.493 e. The fourth-order valence-corrected chi connectivity index (χ4v) is 3.40. The first kappa shape index (κ1) is 14.2. The summed E-state index contributed by atoms with van der Waals surface area (Å²) in [7, 11) is 1.62. The molecule has 2 heterocycles. The molecule has 0 bridgehead atoms. The van der Waals surface area contributed by atoms with Crippen molar-refractivity contribution in [3.8, 4) is 11.5 Å². The molecule has 0 fully saturated rings. The zero-order valence-electron chi connectivity index (χ0n) is 11.4. The van der Waals surface area contributed by atoms with Gasteiger partial charge in [-0.1, -0.05) is 23.7 Å². The van der Waals surface area contributed by atoms with E-state index < -0.39 is 0 Å². The third-order valence-electron chi connectivity index (χ3n) is 3.33. The summed E-state index contributed by atoms with van der Waals surface area (Å²) >= 11 is 7.31. The van der Waals surface area contributed by atoms with Gasteiger partial charge in [-0.05, 0) is 23.9 Å². The molecule has 0 aliphatic carbocycles. The highest BCUT2D eigenvalue weighted by molar-refractivity contribution is 7.12. The molecule has 6 heteroatoms. The van der Waals surface area contributed by atoms with Crippen LogP contribution in [0, 0.1) is 0 Å². The van der Waals surface area contributed by atoms with Crippen LogP contribution in [0.15, 0.2) is 29.6 Å². The van der Waals surface area contributed by atoms with Gasteiger partial charge in [0.15, 0.2) is 11.5 Å². The Morgan fingerprint density at radius 1 is 1.48 bits per heavy atom. The van der Waals surface area contributed by atoms with E-state index >= 15 is 0 Å². The van der Waals surface area contributed by atoms with Crippen molar-refractivity contribution >= 4 is 28.8 Å². The van der Waals surface area contributed by atoms with E-state index in [1.165, 1.54) is 11.3 Å². The summed E-state index contributed by atoms with van der Waals surface area (Å²) in [5.41, 5.74) is 1.03. The molecule has 1 amide bonds. The Labute approximate surface area is 131 Å². The largest absolute Gasteiger partial charge is 0.493 e. The molecular weight excluding hydrogens is 310 g/mol. The number of carbonyl (C=O) groups excluding carboxylic acids is 1. The van der Waals surface area contributed by atoms with Gasteiger partial charge in [-0.2, -0.15) is 0 Å². The van der Waals surface area contributed by atoms with Crippen LogP contribution in [0.2, 0.25) is 5.02 Å². The average Bonchev–Trinajstić information content (AvgIpc) is 2.92. The van der Waals surface area contributed by atoms with E-state index in [-0.39, 0.29) is 11.9 Å². The van der Waals surface area contributed by atoms with Gasteiger partial charge < -0.3 is 14.8 Å². The van der Waals surface area contributed by atoms with Crippen molar-refractivity contribution in [2.75, 3.05) is 13.7 Å². The molecule has 4 nitrogen and oxygen atoms in total. The number of hydrogen-bond donors (Lipinski definition) is 1. The number of methoxy groups -OCH3 is 1. The molecule has 0 saturated carbocycles. The molecule has 21 heavy (non-hydrogen) atoms. The second kappa shape index (κ2) is 5.95. The smallest absolute Gasteiger partial charge is 0.263 e. The SMILES string of the molecule is COc1cccc2c1OCC(NC(=O)c1sccc1Cl)C2. The summed E-state index contributed by atoms with van der Waals surface area (Å²) in [6.07, 6.45) is 0.710. The lowest BCUT2D eigenvalue weighted by Gasteiger charge is -2.27. The first-order valence-electron chi connectivity index (χ1n) is 6.51. The Bertz CT molecular complexity index is 671. The predicted molar refractivity (Wildman–Crippen MR) is 82.8 cm³/mol. The van der Waals surface area contributed by atoms with E-state index in [9.17, 15) is 4.79 Å². The molecule has 1 unspecified atom stereocenters. The third-order valence-corrected chi connectivity index (χ3v) is 4.67. The molecule has 1 aromatic carbocycles. The van der Waals surface area contributed by atoms with Crippen LogP contribution in [0.3, 0.4) is 0 Å². The van der Waals surface area contributed by atoms with Crippen molar-refractivity contribution in [2.45, 2.75) is 12.5 Å². The zero-order valence-corrected chi connectivity index (χ0v) is 13.0. The van der Waals surface area contributed by atoms with Crippen LogP contribution in [0.1, 0.15) is 15.2 Å².